The first-order valence-electron chi connectivity index (χ1n) is 9.82. The Bertz CT molecular complexity index is 1060. The topological polar surface area (TPSA) is 111 Å². The van der Waals surface area contributed by atoms with Gasteiger partial charge in [0.05, 0.1) is 17.7 Å². The first-order valence-corrected chi connectivity index (χ1v) is 9.82. The lowest BCUT2D eigenvalue weighted by Crippen LogP contribution is -2.43. The number of furan rings is 1. The summed E-state index contributed by atoms with van der Waals surface area (Å²) in [5, 5.41) is 14.5. The number of non-ortho nitro benzene ring substituents is 1. The molecular weight excluding hydrogens is 388 g/mol. The number of nitrogens with one attached hydrogen (secondary N) is 1. The van der Waals surface area contributed by atoms with Crippen LogP contribution in [0.3, 0.4) is 0 Å². The number of nitro groups is 1. The van der Waals surface area contributed by atoms with Crippen molar-refractivity contribution >= 4 is 28.4 Å². The number of carbonyl (C=O) groups is 2. The smallest absolute Gasteiger partial charge is 0.270 e. The Balaban J connectivity index is 1.30. The van der Waals surface area contributed by atoms with Crippen molar-refractivity contribution < 1.29 is 18.9 Å². The van der Waals surface area contributed by atoms with Crippen LogP contribution in [0.25, 0.3) is 10.9 Å². The highest BCUT2D eigenvalue weighted by Gasteiger charge is 2.27. The number of piperidine rings is 1. The van der Waals surface area contributed by atoms with Gasteiger partial charge >= 0.3 is 0 Å². The summed E-state index contributed by atoms with van der Waals surface area (Å²) in [6.45, 7) is 1.59. The van der Waals surface area contributed by atoms with Gasteiger partial charge in [-0.25, -0.2) is 0 Å². The van der Waals surface area contributed by atoms with Gasteiger partial charge in [-0.15, -0.1) is 0 Å². The maximum atomic E-state index is 12.7. The molecule has 30 heavy (non-hydrogen) atoms. The molecular formula is C21H22N4O5. The maximum Gasteiger partial charge on any atom is 0.270 e. The minimum atomic E-state index is -0.434. The Hall–Kier alpha value is -3.62. The second kappa shape index (κ2) is 8.40. The highest BCUT2D eigenvalue weighted by Crippen LogP contribution is 2.23. The molecule has 4 rings (SSSR count). The van der Waals surface area contributed by atoms with E-state index < -0.39 is 4.92 Å². The van der Waals surface area contributed by atoms with Crippen molar-refractivity contribution in [3.63, 3.8) is 0 Å². The van der Waals surface area contributed by atoms with Gasteiger partial charge in [-0.3, -0.25) is 19.7 Å². The number of nitrogens with zero attached hydrogens (tertiary/aromatic N) is 3. The Morgan fingerprint density at radius 1 is 1.20 bits per heavy atom. The number of likely N-dealkylation sites (tertiary alicyclic amines) is 1. The van der Waals surface area contributed by atoms with Crippen LogP contribution in [-0.2, 0) is 22.7 Å². The summed E-state index contributed by atoms with van der Waals surface area (Å²) in [7, 11) is 0. The Labute approximate surface area is 172 Å². The molecule has 1 aliphatic heterocycles. The molecule has 0 spiro atoms. The van der Waals surface area contributed by atoms with E-state index in [9.17, 15) is 19.7 Å². The van der Waals surface area contributed by atoms with E-state index in [-0.39, 0.29) is 30.0 Å². The molecule has 156 valence electrons. The van der Waals surface area contributed by atoms with Crippen LogP contribution in [0.1, 0.15) is 18.6 Å². The van der Waals surface area contributed by atoms with E-state index in [1.165, 1.54) is 12.1 Å². The van der Waals surface area contributed by atoms with Gasteiger partial charge in [0.25, 0.3) is 5.69 Å². The van der Waals surface area contributed by atoms with Crippen LogP contribution in [-0.4, -0.2) is 39.3 Å². The molecule has 9 nitrogen and oxygen atoms in total. The average molecular weight is 410 g/mol. The van der Waals surface area contributed by atoms with Crippen LogP contribution >= 0.6 is 0 Å². The first-order chi connectivity index (χ1) is 14.5. The molecule has 1 aliphatic rings. The summed E-state index contributed by atoms with van der Waals surface area (Å²) < 4.78 is 7.01. The summed E-state index contributed by atoms with van der Waals surface area (Å²) in [6.07, 6.45) is 4.57. The van der Waals surface area contributed by atoms with Crippen LogP contribution in [0.4, 0.5) is 5.69 Å². The predicted molar refractivity (Wildman–Crippen MR) is 108 cm³/mol. The Morgan fingerprint density at radius 2 is 2.00 bits per heavy atom. The molecule has 0 bridgehead atoms. The van der Waals surface area contributed by atoms with E-state index >= 15 is 0 Å². The van der Waals surface area contributed by atoms with Gasteiger partial charge in [0.15, 0.2) is 0 Å². The van der Waals surface area contributed by atoms with Gasteiger partial charge in [0.2, 0.25) is 11.8 Å². The summed E-state index contributed by atoms with van der Waals surface area (Å²) in [4.78, 5) is 37.3. The molecule has 0 unspecified atom stereocenters. The number of carbonyl (C=O) groups excluding carboxylic acids is 2. The fraction of sp³-hybridized carbons (Fsp3) is 0.333. The molecule has 3 aromatic rings. The fourth-order valence-electron chi connectivity index (χ4n) is 3.81. The van der Waals surface area contributed by atoms with Gasteiger partial charge in [0, 0.05) is 48.2 Å². The van der Waals surface area contributed by atoms with E-state index in [0.717, 1.165) is 10.9 Å². The van der Waals surface area contributed by atoms with Crippen LogP contribution < -0.4 is 5.32 Å². The number of rotatable bonds is 6. The van der Waals surface area contributed by atoms with Gasteiger partial charge in [-0.05, 0) is 37.1 Å². The number of amides is 2. The molecule has 2 amide bonds. The number of fused-ring (bicyclic) bond motifs is 1. The number of aromatic nitrogens is 1. The fourth-order valence-corrected chi connectivity index (χ4v) is 3.81. The van der Waals surface area contributed by atoms with Crippen LogP contribution in [0.2, 0.25) is 0 Å². The van der Waals surface area contributed by atoms with Crippen LogP contribution in [0.15, 0.2) is 53.3 Å². The van der Waals surface area contributed by atoms with Crippen LogP contribution in [0.5, 0.6) is 0 Å². The molecule has 1 fully saturated rings. The number of hydrogen-bond donors (Lipinski definition) is 1. The van der Waals surface area contributed by atoms with Crippen molar-refractivity contribution in [1.29, 1.82) is 0 Å². The zero-order valence-electron chi connectivity index (χ0n) is 16.3. The Morgan fingerprint density at radius 3 is 2.70 bits per heavy atom. The molecule has 0 saturated carbocycles. The SMILES string of the molecule is O=C(NCc1ccco1)C1CCN(C(=O)Cn2ccc3cc([N+](=O)[O-])ccc32)CC1. The third-order valence-electron chi connectivity index (χ3n) is 5.51. The lowest BCUT2D eigenvalue weighted by atomic mass is 9.96. The molecule has 1 saturated heterocycles. The minimum absolute atomic E-state index is 0.0171. The van der Waals surface area contributed by atoms with Crippen LogP contribution in [0, 0.1) is 16.0 Å². The third kappa shape index (κ3) is 4.19. The number of benzene rings is 1. The van der Waals surface area contributed by atoms with E-state index in [1.807, 2.05) is 6.07 Å². The van der Waals surface area contributed by atoms with E-state index in [4.69, 9.17) is 4.42 Å². The number of hydrogen-bond acceptors (Lipinski definition) is 5. The molecule has 0 atom stereocenters. The zero-order valence-corrected chi connectivity index (χ0v) is 16.3. The average Bonchev–Trinajstić information content (AvgIpc) is 3.42. The maximum absolute atomic E-state index is 12.7. The van der Waals surface area contributed by atoms with E-state index in [1.54, 1.807) is 40.1 Å². The van der Waals surface area contributed by atoms with Gasteiger partial charge in [-0.2, -0.15) is 0 Å². The van der Waals surface area contributed by atoms with Gasteiger partial charge in [-0.1, -0.05) is 0 Å². The summed E-state index contributed by atoms with van der Waals surface area (Å²) in [5.41, 5.74) is 0.806. The lowest BCUT2D eigenvalue weighted by molar-refractivity contribution is -0.384. The highest BCUT2D eigenvalue weighted by molar-refractivity contribution is 5.85. The highest BCUT2D eigenvalue weighted by atomic mass is 16.6. The molecule has 0 aliphatic carbocycles. The summed E-state index contributed by atoms with van der Waals surface area (Å²) >= 11 is 0. The van der Waals surface area contributed by atoms with Crippen molar-refractivity contribution in [1.82, 2.24) is 14.8 Å². The van der Waals surface area contributed by atoms with Crippen molar-refractivity contribution in [2.45, 2.75) is 25.9 Å². The van der Waals surface area contributed by atoms with E-state index in [2.05, 4.69) is 5.32 Å². The van der Waals surface area contributed by atoms with E-state index in [0.29, 0.717) is 38.2 Å². The quantitative estimate of drug-likeness (QED) is 0.496. The molecule has 2 aromatic heterocycles. The van der Waals surface area contributed by atoms with Crippen molar-refractivity contribution in [3.8, 4) is 0 Å². The molecule has 0 radical (unpaired) electrons. The normalized spacial score (nSPS) is 14.7. The van der Waals surface area contributed by atoms with Crippen molar-refractivity contribution in [3.05, 3.63) is 64.7 Å². The molecule has 1 aromatic carbocycles. The summed E-state index contributed by atoms with van der Waals surface area (Å²) in [5.74, 6) is 0.550. The largest absolute Gasteiger partial charge is 0.467 e. The molecule has 9 heteroatoms. The predicted octanol–water partition coefficient (Wildman–Crippen LogP) is 2.70. The zero-order chi connectivity index (χ0) is 21.1. The molecule has 1 N–H and O–H groups in total. The second-order valence-electron chi connectivity index (χ2n) is 7.40. The third-order valence-corrected chi connectivity index (χ3v) is 5.51. The Kier molecular flexibility index (Phi) is 5.51. The second-order valence-corrected chi connectivity index (χ2v) is 7.40. The van der Waals surface area contributed by atoms with Crippen molar-refractivity contribution in [2.75, 3.05) is 13.1 Å². The van der Waals surface area contributed by atoms with Gasteiger partial charge < -0.3 is 19.2 Å². The summed E-state index contributed by atoms with van der Waals surface area (Å²) in [6, 6.07) is 9.96. The van der Waals surface area contributed by atoms with Gasteiger partial charge in [0.1, 0.15) is 12.3 Å². The molecule has 3 heterocycles. The van der Waals surface area contributed by atoms with Crippen molar-refractivity contribution in [2.24, 2.45) is 5.92 Å². The standard InChI is InChI=1S/C21H22N4O5/c26-20(14-24-10-7-16-12-17(25(28)29)3-4-19(16)24)23-8-5-15(6-9-23)21(27)22-13-18-2-1-11-30-18/h1-4,7,10-12,15H,5-6,8-9,13-14H2,(H,22,27). The number of nitro benzene ring substituents is 1. The minimum Gasteiger partial charge on any atom is -0.467 e. The lowest BCUT2D eigenvalue weighted by Gasteiger charge is -2.31. The first kappa shape index (κ1) is 19.7. The monoisotopic (exact) mass is 410 g/mol.